The molecule has 0 N–H and O–H groups in total. The van der Waals surface area contributed by atoms with Crippen LogP contribution in [0.5, 0.6) is 11.5 Å². The molecule has 0 radical (unpaired) electrons. The largest absolute Gasteiger partial charge is 0.497 e. The zero-order valence-corrected chi connectivity index (χ0v) is 16.6. The third-order valence-corrected chi connectivity index (χ3v) is 6.08. The molecule has 7 heteroatoms. The topological polar surface area (TPSA) is 54.9 Å². The number of thiazole rings is 1. The highest BCUT2D eigenvalue weighted by molar-refractivity contribution is 7.09. The molecule has 2 aliphatic rings. The fraction of sp³-hybridized carbons (Fsp3) is 0.500. The number of carbonyl (C=O) groups excluding carboxylic acids is 1. The molecule has 1 aromatic carbocycles. The Hall–Kier alpha value is -2.12. The highest BCUT2D eigenvalue weighted by Crippen LogP contribution is 2.31. The van der Waals surface area contributed by atoms with Crippen LogP contribution in [0.2, 0.25) is 0 Å². The summed E-state index contributed by atoms with van der Waals surface area (Å²) in [5.74, 6) is 1.75. The fourth-order valence-electron chi connectivity index (χ4n) is 3.75. The number of hydrogen-bond donors (Lipinski definition) is 0. The summed E-state index contributed by atoms with van der Waals surface area (Å²) in [7, 11) is 1.65. The third-order valence-electron chi connectivity index (χ3n) is 5.26. The number of aromatic nitrogens is 1. The van der Waals surface area contributed by atoms with Crippen LogP contribution in [-0.4, -0.2) is 60.6 Å². The van der Waals surface area contributed by atoms with Crippen molar-refractivity contribution in [1.82, 2.24) is 14.8 Å². The van der Waals surface area contributed by atoms with Gasteiger partial charge in [-0.15, -0.1) is 11.3 Å². The summed E-state index contributed by atoms with van der Waals surface area (Å²) < 4.78 is 11.1. The van der Waals surface area contributed by atoms with Crippen molar-refractivity contribution in [1.29, 1.82) is 0 Å². The van der Waals surface area contributed by atoms with Gasteiger partial charge in [0.05, 0.1) is 23.7 Å². The number of methoxy groups -OCH3 is 1. The van der Waals surface area contributed by atoms with Crippen molar-refractivity contribution in [2.75, 3.05) is 39.9 Å². The molecule has 1 amide bonds. The van der Waals surface area contributed by atoms with Gasteiger partial charge in [-0.3, -0.25) is 9.69 Å². The first kappa shape index (κ1) is 18.3. The number of ether oxygens (including phenoxy) is 2. The number of benzene rings is 1. The van der Waals surface area contributed by atoms with Crippen LogP contribution in [0.3, 0.4) is 0 Å². The quantitative estimate of drug-likeness (QED) is 0.806. The van der Waals surface area contributed by atoms with E-state index in [1.54, 1.807) is 18.4 Å². The molecule has 1 fully saturated rings. The van der Waals surface area contributed by atoms with Crippen LogP contribution in [0.1, 0.15) is 16.3 Å². The second-order valence-corrected chi connectivity index (χ2v) is 8.21. The van der Waals surface area contributed by atoms with Gasteiger partial charge in [-0.05, 0) is 37.1 Å². The Bertz CT molecular complexity index is 815. The first-order chi connectivity index (χ1) is 13.1. The SMILES string of the molecule is COc1ccc2c(c1)CC(C(=O)N1CCN(Cc3csc(C)n3)CC1)CO2. The Morgan fingerprint density at radius 2 is 2.15 bits per heavy atom. The van der Waals surface area contributed by atoms with E-state index < -0.39 is 0 Å². The average Bonchev–Trinajstić information content (AvgIpc) is 3.11. The maximum atomic E-state index is 13.0. The molecule has 27 heavy (non-hydrogen) atoms. The molecular weight excluding hydrogens is 362 g/mol. The zero-order valence-electron chi connectivity index (χ0n) is 15.8. The van der Waals surface area contributed by atoms with Crippen LogP contribution < -0.4 is 9.47 Å². The summed E-state index contributed by atoms with van der Waals surface area (Å²) in [5, 5.41) is 3.23. The Morgan fingerprint density at radius 1 is 1.33 bits per heavy atom. The lowest BCUT2D eigenvalue weighted by Gasteiger charge is -2.37. The molecule has 6 nitrogen and oxygen atoms in total. The molecule has 0 spiro atoms. The van der Waals surface area contributed by atoms with Gasteiger partial charge >= 0.3 is 0 Å². The molecule has 1 unspecified atom stereocenters. The highest BCUT2D eigenvalue weighted by Gasteiger charge is 2.31. The Labute approximate surface area is 163 Å². The minimum absolute atomic E-state index is 0.114. The summed E-state index contributed by atoms with van der Waals surface area (Å²) in [6.45, 7) is 6.67. The number of hydrogen-bond acceptors (Lipinski definition) is 6. The Kier molecular flexibility index (Phi) is 5.31. The number of piperazine rings is 1. The van der Waals surface area contributed by atoms with Crippen molar-refractivity contribution in [3.63, 3.8) is 0 Å². The molecule has 3 heterocycles. The van der Waals surface area contributed by atoms with Gasteiger partial charge in [0.1, 0.15) is 18.1 Å². The first-order valence-electron chi connectivity index (χ1n) is 9.34. The second-order valence-electron chi connectivity index (χ2n) is 7.14. The minimum Gasteiger partial charge on any atom is -0.497 e. The van der Waals surface area contributed by atoms with Crippen LogP contribution in [0.4, 0.5) is 0 Å². The lowest BCUT2D eigenvalue weighted by Crippen LogP contribution is -2.51. The summed E-state index contributed by atoms with van der Waals surface area (Å²) in [4.78, 5) is 21.9. The van der Waals surface area contributed by atoms with Gasteiger partial charge in [0, 0.05) is 38.1 Å². The summed E-state index contributed by atoms with van der Waals surface area (Å²) in [6.07, 6.45) is 0.712. The van der Waals surface area contributed by atoms with Crippen molar-refractivity contribution >= 4 is 17.2 Å². The zero-order chi connectivity index (χ0) is 18.8. The van der Waals surface area contributed by atoms with E-state index in [2.05, 4.69) is 15.3 Å². The lowest BCUT2D eigenvalue weighted by atomic mass is 9.95. The Morgan fingerprint density at radius 3 is 2.85 bits per heavy atom. The minimum atomic E-state index is -0.114. The van der Waals surface area contributed by atoms with E-state index in [4.69, 9.17) is 9.47 Å². The maximum Gasteiger partial charge on any atom is 0.229 e. The van der Waals surface area contributed by atoms with Crippen LogP contribution in [0, 0.1) is 12.8 Å². The molecule has 2 aliphatic heterocycles. The number of fused-ring (bicyclic) bond motifs is 1. The molecular formula is C20H25N3O3S. The molecule has 4 rings (SSSR count). The van der Waals surface area contributed by atoms with E-state index in [0.29, 0.717) is 13.0 Å². The predicted octanol–water partition coefficient (Wildman–Crippen LogP) is 2.36. The number of aryl methyl sites for hydroxylation is 1. The summed E-state index contributed by atoms with van der Waals surface area (Å²) >= 11 is 1.69. The van der Waals surface area contributed by atoms with Crippen LogP contribution in [0.15, 0.2) is 23.6 Å². The molecule has 1 aromatic heterocycles. The maximum absolute atomic E-state index is 13.0. The van der Waals surface area contributed by atoms with Crippen molar-refractivity contribution in [2.24, 2.45) is 5.92 Å². The van der Waals surface area contributed by atoms with E-state index in [1.807, 2.05) is 30.0 Å². The smallest absolute Gasteiger partial charge is 0.229 e. The van der Waals surface area contributed by atoms with E-state index in [-0.39, 0.29) is 11.8 Å². The Balaban J connectivity index is 1.32. The number of nitrogens with zero attached hydrogens (tertiary/aromatic N) is 3. The monoisotopic (exact) mass is 387 g/mol. The normalized spacial score (nSPS) is 20.1. The third kappa shape index (κ3) is 4.09. The number of carbonyl (C=O) groups is 1. The van der Waals surface area contributed by atoms with E-state index >= 15 is 0 Å². The van der Waals surface area contributed by atoms with Crippen LogP contribution >= 0.6 is 11.3 Å². The summed E-state index contributed by atoms with van der Waals surface area (Å²) in [6, 6.07) is 5.79. The van der Waals surface area contributed by atoms with Crippen LogP contribution in [0.25, 0.3) is 0 Å². The van der Waals surface area contributed by atoms with Gasteiger partial charge in [0.25, 0.3) is 0 Å². The van der Waals surface area contributed by atoms with Crippen molar-refractivity contribution < 1.29 is 14.3 Å². The number of rotatable bonds is 4. The molecule has 0 aliphatic carbocycles. The number of amides is 1. The first-order valence-corrected chi connectivity index (χ1v) is 10.2. The van der Waals surface area contributed by atoms with E-state index in [1.165, 1.54) is 0 Å². The van der Waals surface area contributed by atoms with Gasteiger partial charge in [0.2, 0.25) is 5.91 Å². The van der Waals surface area contributed by atoms with Gasteiger partial charge in [-0.25, -0.2) is 4.98 Å². The van der Waals surface area contributed by atoms with Gasteiger partial charge < -0.3 is 14.4 Å². The van der Waals surface area contributed by atoms with Gasteiger partial charge in [0.15, 0.2) is 0 Å². The predicted molar refractivity (Wildman–Crippen MR) is 104 cm³/mol. The highest BCUT2D eigenvalue weighted by atomic mass is 32.1. The molecule has 0 saturated carbocycles. The molecule has 1 atom stereocenters. The van der Waals surface area contributed by atoms with Crippen molar-refractivity contribution in [2.45, 2.75) is 19.9 Å². The van der Waals surface area contributed by atoms with E-state index in [0.717, 1.165) is 60.5 Å². The van der Waals surface area contributed by atoms with Crippen molar-refractivity contribution in [3.8, 4) is 11.5 Å². The lowest BCUT2D eigenvalue weighted by molar-refractivity contribution is -0.138. The van der Waals surface area contributed by atoms with E-state index in [9.17, 15) is 4.79 Å². The molecule has 0 bridgehead atoms. The van der Waals surface area contributed by atoms with Crippen molar-refractivity contribution in [3.05, 3.63) is 39.8 Å². The molecule has 144 valence electrons. The fourth-order valence-corrected chi connectivity index (χ4v) is 4.35. The van der Waals surface area contributed by atoms with Gasteiger partial charge in [-0.2, -0.15) is 0 Å². The summed E-state index contributed by atoms with van der Waals surface area (Å²) in [5.41, 5.74) is 2.18. The van der Waals surface area contributed by atoms with Crippen LogP contribution in [-0.2, 0) is 17.8 Å². The average molecular weight is 388 g/mol. The standard InChI is InChI=1S/C20H25N3O3S/c1-14-21-17(13-27-14)11-22-5-7-23(8-6-22)20(24)16-9-15-10-18(25-2)3-4-19(15)26-12-16/h3-4,10,13,16H,5-9,11-12H2,1-2H3. The van der Waals surface area contributed by atoms with Gasteiger partial charge in [-0.1, -0.05) is 0 Å². The molecule has 1 saturated heterocycles. The second kappa shape index (κ2) is 7.86. The molecule has 2 aromatic rings.